The van der Waals surface area contributed by atoms with Crippen molar-refractivity contribution in [2.45, 2.75) is 37.6 Å². The van der Waals surface area contributed by atoms with Crippen LogP contribution in [0, 0.1) is 0 Å². The second-order valence-corrected chi connectivity index (χ2v) is 9.91. The topological polar surface area (TPSA) is 80.7 Å². The number of carbonyl (C=O) groups excluding carboxylic acids is 1. The van der Waals surface area contributed by atoms with E-state index >= 15 is 0 Å². The third-order valence-electron chi connectivity index (χ3n) is 6.95. The van der Waals surface area contributed by atoms with Crippen LogP contribution in [-0.2, 0) is 22.1 Å². The molecule has 38 heavy (non-hydrogen) atoms. The second-order valence-electron chi connectivity index (χ2n) is 9.50. The van der Waals surface area contributed by atoms with E-state index < -0.39 is 11.7 Å². The molecule has 2 atom stereocenters. The zero-order valence-electron chi connectivity index (χ0n) is 20.1. The Balaban J connectivity index is 1.32. The van der Waals surface area contributed by atoms with Crippen molar-refractivity contribution in [2.75, 3.05) is 36.1 Å². The van der Waals surface area contributed by atoms with Crippen molar-refractivity contribution in [1.82, 2.24) is 15.0 Å². The summed E-state index contributed by atoms with van der Waals surface area (Å²) in [7, 11) is 0. The standard InChI is InChI=1S/C26H23ClF3N5O3/c27-20-12-21-24(33-23(20)15-2-1-3-16(10-15)26(28,29)30)35(18-5-8-34(21)13-18)22(36)11-17-4-7-31-25(32-17)38-19-6-9-37-14-19/h1-4,7,10,12,18-19H,5-6,8-9,11,13-14H2/t18-,19-/m0/s1. The number of fused-ring (bicyclic) bond motifs is 4. The summed E-state index contributed by atoms with van der Waals surface area (Å²) in [5, 5.41) is 0.217. The molecule has 1 amide bonds. The molecular formula is C26H23ClF3N5O3. The molecule has 0 unspecified atom stereocenters. The maximum atomic E-state index is 13.7. The number of hydrogen-bond donors (Lipinski definition) is 0. The molecule has 0 spiro atoms. The van der Waals surface area contributed by atoms with Crippen LogP contribution in [0.25, 0.3) is 11.3 Å². The molecule has 0 saturated carbocycles. The van der Waals surface area contributed by atoms with Crippen LogP contribution in [0.15, 0.2) is 42.6 Å². The van der Waals surface area contributed by atoms with Crippen LogP contribution in [0.2, 0.25) is 5.02 Å². The van der Waals surface area contributed by atoms with Gasteiger partial charge < -0.3 is 14.4 Å². The average molecular weight is 546 g/mol. The minimum Gasteiger partial charge on any atom is -0.458 e. The lowest BCUT2D eigenvalue weighted by Gasteiger charge is -2.36. The molecule has 6 rings (SSSR count). The largest absolute Gasteiger partial charge is 0.458 e. The van der Waals surface area contributed by atoms with Crippen LogP contribution in [0.4, 0.5) is 24.7 Å². The lowest BCUT2D eigenvalue weighted by molar-refractivity contribution is -0.137. The number of amides is 1. The van der Waals surface area contributed by atoms with Crippen molar-refractivity contribution in [3.8, 4) is 17.3 Å². The van der Waals surface area contributed by atoms with Gasteiger partial charge in [0.05, 0.1) is 53.3 Å². The van der Waals surface area contributed by atoms with Gasteiger partial charge in [0.25, 0.3) is 0 Å². The Morgan fingerprint density at radius 1 is 1.18 bits per heavy atom. The number of halogens is 4. The quantitative estimate of drug-likeness (QED) is 0.465. The average Bonchev–Trinajstić information content (AvgIpc) is 3.55. The van der Waals surface area contributed by atoms with Gasteiger partial charge in [-0.15, -0.1) is 0 Å². The van der Waals surface area contributed by atoms with Crippen molar-refractivity contribution in [3.63, 3.8) is 0 Å². The molecule has 3 aliphatic heterocycles. The number of aromatic nitrogens is 3. The fourth-order valence-corrected chi connectivity index (χ4v) is 5.37. The van der Waals surface area contributed by atoms with Gasteiger partial charge in [-0.3, -0.25) is 9.69 Å². The first kappa shape index (κ1) is 24.9. The summed E-state index contributed by atoms with van der Waals surface area (Å²) in [5.41, 5.74) is 0.789. The van der Waals surface area contributed by atoms with E-state index in [0.29, 0.717) is 37.0 Å². The number of rotatable bonds is 5. The van der Waals surface area contributed by atoms with Gasteiger partial charge in [-0.1, -0.05) is 23.7 Å². The molecule has 2 fully saturated rings. The smallest absolute Gasteiger partial charge is 0.416 e. The molecule has 12 heteroatoms. The third-order valence-corrected chi connectivity index (χ3v) is 7.24. The zero-order chi connectivity index (χ0) is 26.4. The molecule has 198 valence electrons. The Morgan fingerprint density at radius 2 is 2.05 bits per heavy atom. The predicted molar refractivity (Wildman–Crippen MR) is 133 cm³/mol. The number of hydrogen-bond acceptors (Lipinski definition) is 7. The molecule has 0 N–H and O–H groups in total. The maximum absolute atomic E-state index is 13.7. The normalized spacial score (nSPS) is 20.5. The number of alkyl halides is 3. The van der Waals surface area contributed by atoms with Crippen molar-refractivity contribution >= 4 is 29.0 Å². The number of benzene rings is 1. The minimum atomic E-state index is -4.51. The van der Waals surface area contributed by atoms with E-state index in [0.717, 1.165) is 31.5 Å². The van der Waals surface area contributed by atoms with Crippen LogP contribution in [0.3, 0.4) is 0 Å². The third kappa shape index (κ3) is 4.76. The number of ether oxygens (including phenoxy) is 2. The van der Waals surface area contributed by atoms with Gasteiger partial charge >= 0.3 is 12.2 Å². The summed E-state index contributed by atoms with van der Waals surface area (Å²) >= 11 is 6.53. The van der Waals surface area contributed by atoms with E-state index in [1.165, 1.54) is 12.1 Å². The monoisotopic (exact) mass is 545 g/mol. The Labute approximate surface area is 221 Å². The zero-order valence-corrected chi connectivity index (χ0v) is 20.9. The maximum Gasteiger partial charge on any atom is 0.416 e. The molecule has 1 aromatic carbocycles. The van der Waals surface area contributed by atoms with Crippen LogP contribution in [-0.4, -0.2) is 59.3 Å². The summed E-state index contributed by atoms with van der Waals surface area (Å²) in [4.78, 5) is 30.6. The van der Waals surface area contributed by atoms with Crippen molar-refractivity contribution in [2.24, 2.45) is 0 Å². The van der Waals surface area contributed by atoms with Crippen LogP contribution in [0.5, 0.6) is 6.01 Å². The van der Waals surface area contributed by atoms with Gasteiger partial charge in [0, 0.05) is 31.3 Å². The Hall–Kier alpha value is -3.44. The van der Waals surface area contributed by atoms with Gasteiger partial charge in [0.1, 0.15) is 6.10 Å². The Kier molecular flexibility index (Phi) is 6.35. The molecule has 3 aromatic rings. The highest BCUT2D eigenvalue weighted by Crippen LogP contribution is 2.43. The molecule has 0 radical (unpaired) electrons. The van der Waals surface area contributed by atoms with Gasteiger partial charge in [0.2, 0.25) is 5.91 Å². The van der Waals surface area contributed by atoms with E-state index in [2.05, 4.69) is 19.9 Å². The first-order chi connectivity index (χ1) is 18.3. The molecule has 3 aliphatic rings. The number of carbonyl (C=O) groups is 1. The first-order valence-electron chi connectivity index (χ1n) is 12.3. The summed E-state index contributed by atoms with van der Waals surface area (Å²) < 4.78 is 51.1. The van der Waals surface area contributed by atoms with Crippen LogP contribution in [0.1, 0.15) is 24.1 Å². The Bertz CT molecular complexity index is 1380. The summed E-state index contributed by atoms with van der Waals surface area (Å²) in [6.45, 7) is 2.43. The number of nitrogens with zero attached hydrogens (tertiary/aromatic N) is 5. The highest BCUT2D eigenvalue weighted by Gasteiger charge is 2.41. The molecule has 2 bridgehead atoms. The highest BCUT2D eigenvalue weighted by molar-refractivity contribution is 6.33. The van der Waals surface area contributed by atoms with Crippen molar-refractivity contribution in [1.29, 1.82) is 0 Å². The summed E-state index contributed by atoms with van der Waals surface area (Å²) in [6, 6.07) is 8.27. The van der Waals surface area contributed by atoms with Crippen molar-refractivity contribution < 1.29 is 27.4 Å². The Morgan fingerprint density at radius 3 is 2.84 bits per heavy atom. The van der Waals surface area contributed by atoms with E-state index in [9.17, 15) is 18.0 Å². The first-order valence-corrected chi connectivity index (χ1v) is 12.7. The van der Waals surface area contributed by atoms with E-state index in [1.807, 2.05) is 0 Å². The summed E-state index contributed by atoms with van der Waals surface area (Å²) in [5.74, 6) is 0.158. The minimum absolute atomic E-state index is 0.0147. The molecule has 0 aliphatic carbocycles. The van der Waals surface area contributed by atoms with Crippen LogP contribution >= 0.6 is 11.6 Å². The van der Waals surface area contributed by atoms with Crippen molar-refractivity contribution in [3.05, 3.63) is 58.9 Å². The van der Waals surface area contributed by atoms with E-state index in [1.54, 1.807) is 23.2 Å². The van der Waals surface area contributed by atoms with E-state index in [-0.39, 0.29) is 46.8 Å². The van der Waals surface area contributed by atoms with Gasteiger partial charge in [0.15, 0.2) is 5.82 Å². The number of anilines is 2. The molecule has 5 heterocycles. The highest BCUT2D eigenvalue weighted by atomic mass is 35.5. The fourth-order valence-electron chi connectivity index (χ4n) is 5.12. The number of pyridine rings is 1. The molecular weight excluding hydrogens is 523 g/mol. The molecule has 2 saturated heterocycles. The van der Waals surface area contributed by atoms with Crippen LogP contribution < -0.4 is 14.5 Å². The molecule has 2 aromatic heterocycles. The summed E-state index contributed by atoms with van der Waals surface area (Å²) in [6.07, 6.45) is -1.61. The lowest BCUT2D eigenvalue weighted by Crippen LogP contribution is -2.47. The molecule has 8 nitrogen and oxygen atoms in total. The van der Waals surface area contributed by atoms with Gasteiger partial charge in [-0.2, -0.15) is 18.2 Å². The van der Waals surface area contributed by atoms with E-state index in [4.69, 9.17) is 21.1 Å². The lowest BCUT2D eigenvalue weighted by atomic mass is 10.1. The predicted octanol–water partition coefficient (Wildman–Crippen LogP) is 4.55. The second kappa shape index (κ2) is 9.70. The van der Waals surface area contributed by atoms with Gasteiger partial charge in [-0.05, 0) is 30.7 Å². The SMILES string of the molecule is O=C(Cc1ccnc(O[C@H]2CCOC2)n1)N1c2nc(-c3cccc(C(F)(F)F)c3)c(Cl)cc2N2CC[C@H]1C2. The fraction of sp³-hybridized carbons (Fsp3) is 0.385. The van der Waals surface area contributed by atoms with Gasteiger partial charge in [-0.25, -0.2) is 9.97 Å².